The minimum Gasteiger partial charge on any atom is -0.369 e. The summed E-state index contributed by atoms with van der Waals surface area (Å²) in [5.74, 6) is -1.04. The summed E-state index contributed by atoms with van der Waals surface area (Å²) in [6.07, 6.45) is 7.50. The lowest BCUT2D eigenvalue weighted by molar-refractivity contribution is -0.133. The Morgan fingerprint density at radius 1 is 1.00 bits per heavy atom. The fourth-order valence-electron chi connectivity index (χ4n) is 6.16. The molecule has 1 aromatic rings. The van der Waals surface area contributed by atoms with Crippen LogP contribution in [0.15, 0.2) is 18.2 Å². The number of amides is 2. The molecule has 4 fully saturated rings. The molecule has 1 aromatic carbocycles. The summed E-state index contributed by atoms with van der Waals surface area (Å²) in [5.41, 5.74) is 7.86. The maximum atomic E-state index is 15.0. The van der Waals surface area contributed by atoms with E-state index in [1.54, 1.807) is 0 Å². The van der Waals surface area contributed by atoms with Crippen LogP contribution < -0.4 is 16.0 Å². The number of halogens is 1. The van der Waals surface area contributed by atoms with Crippen molar-refractivity contribution in [2.75, 3.05) is 31.1 Å². The maximum Gasteiger partial charge on any atom is 0.227 e. The maximum absolute atomic E-state index is 15.0. The number of carbonyl (C=O) groups is 2. The molecule has 1 spiro atoms. The van der Waals surface area contributed by atoms with Crippen LogP contribution in [0.25, 0.3) is 0 Å². The molecule has 0 unspecified atom stereocenters. The standard InChI is InChI=1S/C24H33FN4O2/c25-20-11-16(17-12-22(30)27-23(31)13-17)1-2-21(20)29-9-5-24(6-10-29)14-19(15-24)28-7-3-18(26)4-8-28/h1-2,11,17-19H,3-10,12-15,26H2,(H,27,30,31). The van der Waals surface area contributed by atoms with Gasteiger partial charge in [-0.2, -0.15) is 0 Å². The van der Waals surface area contributed by atoms with Crippen LogP contribution in [0.4, 0.5) is 10.1 Å². The Bertz CT molecular complexity index is 835. The van der Waals surface area contributed by atoms with Gasteiger partial charge in [-0.3, -0.25) is 14.9 Å². The highest BCUT2D eigenvalue weighted by molar-refractivity contribution is 5.98. The quantitative estimate of drug-likeness (QED) is 0.724. The predicted molar refractivity (Wildman–Crippen MR) is 117 cm³/mol. The number of anilines is 1. The highest BCUT2D eigenvalue weighted by Gasteiger charge is 2.48. The molecular weight excluding hydrogens is 395 g/mol. The minimum absolute atomic E-state index is 0.231. The second-order valence-electron chi connectivity index (χ2n) is 10.2. The van der Waals surface area contributed by atoms with Crippen molar-refractivity contribution in [3.8, 4) is 0 Å². The van der Waals surface area contributed by atoms with Crippen LogP contribution in [-0.2, 0) is 9.59 Å². The molecule has 3 aliphatic heterocycles. The van der Waals surface area contributed by atoms with Crippen LogP contribution in [0.1, 0.15) is 62.8 Å². The summed E-state index contributed by atoms with van der Waals surface area (Å²) in [5, 5.41) is 2.31. The van der Waals surface area contributed by atoms with Crippen molar-refractivity contribution < 1.29 is 14.0 Å². The van der Waals surface area contributed by atoms with Crippen molar-refractivity contribution in [2.45, 2.75) is 69.4 Å². The largest absolute Gasteiger partial charge is 0.369 e. The Morgan fingerprint density at radius 3 is 2.26 bits per heavy atom. The number of hydrogen-bond donors (Lipinski definition) is 2. The van der Waals surface area contributed by atoms with Gasteiger partial charge in [0.1, 0.15) is 5.82 Å². The Labute approximate surface area is 183 Å². The van der Waals surface area contributed by atoms with E-state index in [1.807, 2.05) is 12.1 Å². The third kappa shape index (κ3) is 4.22. The average Bonchev–Trinajstić information content (AvgIpc) is 2.72. The van der Waals surface area contributed by atoms with Crippen LogP contribution in [0.5, 0.6) is 0 Å². The van der Waals surface area contributed by atoms with Crippen molar-refractivity contribution in [1.29, 1.82) is 0 Å². The van der Waals surface area contributed by atoms with Gasteiger partial charge in [0, 0.05) is 43.9 Å². The van der Waals surface area contributed by atoms with E-state index >= 15 is 0 Å². The SMILES string of the molecule is NC1CCN(C2CC3(CCN(c4ccc(C5CC(=O)NC(=O)C5)cc4F)CC3)C2)CC1. The van der Waals surface area contributed by atoms with Crippen LogP contribution in [0, 0.1) is 11.2 Å². The lowest BCUT2D eigenvalue weighted by Crippen LogP contribution is -2.57. The van der Waals surface area contributed by atoms with Gasteiger partial charge in [0.2, 0.25) is 11.8 Å². The molecule has 168 valence electrons. The van der Waals surface area contributed by atoms with E-state index in [1.165, 1.54) is 18.9 Å². The fraction of sp³-hybridized carbons (Fsp3) is 0.667. The molecule has 7 heteroatoms. The van der Waals surface area contributed by atoms with E-state index in [0.29, 0.717) is 23.2 Å². The molecule has 1 aliphatic carbocycles. The summed E-state index contributed by atoms with van der Waals surface area (Å²) < 4.78 is 15.0. The van der Waals surface area contributed by atoms with Gasteiger partial charge in [0.05, 0.1) is 5.69 Å². The molecule has 0 atom stereocenters. The zero-order valence-electron chi connectivity index (χ0n) is 18.1. The van der Waals surface area contributed by atoms with Gasteiger partial charge in [0.15, 0.2) is 0 Å². The summed E-state index contributed by atoms with van der Waals surface area (Å²) in [4.78, 5) is 28.1. The van der Waals surface area contributed by atoms with Crippen molar-refractivity contribution >= 4 is 17.5 Å². The molecule has 2 amide bonds. The zero-order chi connectivity index (χ0) is 21.6. The van der Waals surface area contributed by atoms with Crippen molar-refractivity contribution in [3.63, 3.8) is 0 Å². The molecular formula is C24H33FN4O2. The summed E-state index contributed by atoms with van der Waals surface area (Å²) in [6.45, 7) is 4.05. The van der Waals surface area contributed by atoms with Crippen molar-refractivity contribution in [2.24, 2.45) is 11.1 Å². The van der Waals surface area contributed by atoms with Crippen LogP contribution >= 0.6 is 0 Å². The first-order chi connectivity index (χ1) is 14.9. The first kappa shape index (κ1) is 20.9. The topological polar surface area (TPSA) is 78.7 Å². The molecule has 3 heterocycles. The average molecular weight is 429 g/mol. The summed E-state index contributed by atoms with van der Waals surface area (Å²) in [7, 11) is 0. The number of carbonyl (C=O) groups excluding carboxylic acids is 2. The molecule has 4 aliphatic rings. The van der Waals surface area contributed by atoms with Gasteiger partial charge >= 0.3 is 0 Å². The molecule has 3 N–H and O–H groups in total. The molecule has 0 radical (unpaired) electrons. The molecule has 1 saturated carbocycles. The van der Waals surface area contributed by atoms with Gasteiger partial charge in [-0.05, 0) is 74.7 Å². The zero-order valence-corrected chi connectivity index (χ0v) is 18.1. The van der Waals surface area contributed by atoms with Gasteiger partial charge in [-0.15, -0.1) is 0 Å². The Kier molecular flexibility index (Phi) is 5.51. The second kappa shape index (κ2) is 8.17. The summed E-state index contributed by atoms with van der Waals surface area (Å²) >= 11 is 0. The van der Waals surface area contributed by atoms with E-state index in [0.717, 1.165) is 57.4 Å². The number of nitrogens with two attached hydrogens (primary N) is 1. The number of piperidine rings is 3. The van der Waals surface area contributed by atoms with Crippen molar-refractivity contribution in [3.05, 3.63) is 29.6 Å². The molecule has 0 bridgehead atoms. The smallest absolute Gasteiger partial charge is 0.227 e. The van der Waals surface area contributed by atoms with E-state index in [2.05, 4.69) is 15.1 Å². The number of imide groups is 1. The Morgan fingerprint density at radius 2 is 1.65 bits per heavy atom. The molecule has 5 rings (SSSR count). The number of nitrogens with one attached hydrogen (secondary N) is 1. The summed E-state index contributed by atoms with van der Waals surface area (Å²) in [6, 6.07) is 6.34. The lowest BCUT2D eigenvalue weighted by Gasteiger charge is -2.56. The van der Waals surface area contributed by atoms with Gasteiger partial charge in [0.25, 0.3) is 0 Å². The minimum atomic E-state index is -0.279. The number of benzene rings is 1. The fourth-order valence-corrected chi connectivity index (χ4v) is 6.16. The van der Waals surface area contributed by atoms with Crippen LogP contribution in [0.3, 0.4) is 0 Å². The van der Waals surface area contributed by atoms with E-state index in [9.17, 15) is 14.0 Å². The number of hydrogen-bond acceptors (Lipinski definition) is 5. The monoisotopic (exact) mass is 428 g/mol. The Hall–Kier alpha value is -1.99. The lowest BCUT2D eigenvalue weighted by atomic mass is 9.59. The molecule has 6 nitrogen and oxygen atoms in total. The van der Waals surface area contributed by atoms with E-state index in [-0.39, 0.29) is 36.4 Å². The first-order valence-corrected chi connectivity index (χ1v) is 11.8. The van der Waals surface area contributed by atoms with Gasteiger partial charge in [-0.25, -0.2) is 4.39 Å². The van der Waals surface area contributed by atoms with Gasteiger partial charge < -0.3 is 15.5 Å². The number of rotatable bonds is 3. The number of nitrogens with zero attached hydrogens (tertiary/aromatic N) is 2. The normalized spacial score (nSPS) is 26.2. The van der Waals surface area contributed by atoms with Crippen molar-refractivity contribution in [1.82, 2.24) is 10.2 Å². The highest BCUT2D eigenvalue weighted by Crippen LogP contribution is 2.51. The van der Waals surface area contributed by atoms with E-state index < -0.39 is 0 Å². The molecule has 3 saturated heterocycles. The highest BCUT2D eigenvalue weighted by atomic mass is 19.1. The number of likely N-dealkylation sites (tertiary alicyclic amines) is 1. The molecule has 0 aromatic heterocycles. The van der Waals surface area contributed by atoms with Gasteiger partial charge in [-0.1, -0.05) is 6.07 Å². The third-order valence-electron chi connectivity index (χ3n) is 8.18. The van der Waals surface area contributed by atoms with Crippen LogP contribution in [0.2, 0.25) is 0 Å². The Balaban J connectivity index is 1.17. The third-order valence-corrected chi connectivity index (χ3v) is 8.18. The van der Waals surface area contributed by atoms with E-state index in [4.69, 9.17) is 5.73 Å². The second-order valence-corrected chi connectivity index (χ2v) is 10.2. The molecule has 31 heavy (non-hydrogen) atoms. The first-order valence-electron chi connectivity index (χ1n) is 11.8. The van der Waals surface area contributed by atoms with Crippen LogP contribution in [-0.4, -0.2) is 55.0 Å². The predicted octanol–water partition coefficient (Wildman–Crippen LogP) is 2.52.